The SMILES string of the molecule is CCOc1cc2[nH]c(=O)n(CCC(=O)NCCCOC)c(=O)c2cc1OCC. The van der Waals surface area contributed by atoms with E-state index in [1.807, 2.05) is 13.8 Å². The average molecular weight is 393 g/mol. The second kappa shape index (κ2) is 10.5. The molecule has 9 nitrogen and oxygen atoms in total. The van der Waals surface area contributed by atoms with Crippen molar-refractivity contribution >= 4 is 16.8 Å². The van der Waals surface area contributed by atoms with Gasteiger partial charge in [0, 0.05) is 39.3 Å². The lowest BCUT2D eigenvalue weighted by molar-refractivity contribution is -0.121. The van der Waals surface area contributed by atoms with Gasteiger partial charge in [0.05, 0.1) is 24.1 Å². The normalized spacial score (nSPS) is 10.8. The summed E-state index contributed by atoms with van der Waals surface area (Å²) in [7, 11) is 1.59. The zero-order valence-corrected chi connectivity index (χ0v) is 16.5. The molecule has 2 N–H and O–H groups in total. The second-order valence-electron chi connectivity index (χ2n) is 6.04. The molecule has 1 amide bonds. The zero-order chi connectivity index (χ0) is 20.5. The molecule has 0 fully saturated rings. The first-order valence-electron chi connectivity index (χ1n) is 9.33. The van der Waals surface area contributed by atoms with Gasteiger partial charge in [0.2, 0.25) is 5.91 Å². The Balaban J connectivity index is 2.25. The Morgan fingerprint density at radius 2 is 1.82 bits per heavy atom. The number of nitrogens with one attached hydrogen (secondary N) is 2. The summed E-state index contributed by atoms with van der Waals surface area (Å²) in [5.41, 5.74) is -0.687. The highest BCUT2D eigenvalue weighted by atomic mass is 16.5. The van der Waals surface area contributed by atoms with Crippen molar-refractivity contribution in [1.82, 2.24) is 14.9 Å². The number of fused-ring (bicyclic) bond motifs is 1. The highest BCUT2D eigenvalue weighted by Crippen LogP contribution is 2.30. The number of nitrogens with zero attached hydrogens (tertiary/aromatic N) is 1. The van der Waals surface area contributed by atoms with Crippen molar-refractivity contribution in [3.05, 3.63) is 33.0 Å². The number of rotatable bonds is 11. The van der Waals surface area contributed by atoms with E-state index in [4.69, 9.17) is 14.2 Å². The van der Waals surface area contributed by atoms with Gasteiger partial charge >= 0.3 is 5.69 Å². The van der Waals surface area contributed by atoms with Crippen LogP contribution in [0.15, 0.2) is 21.7 Å². The number of carbonyl (C=O) groups excluding carboxylic acids is 1. The molecular formula is C19H27N3O6. The van der Waals surface area contributed by atoms with Crippen molar-refractivity contribution in [1.29, 1.82) is 0 Å². The third kappa shape index (κ3) is 5.35. The molecule has 0 spiro atoms. The van der Waals surface area contributed by atoms with Crippen molar-refractivity contribution in [2.24, 2.45) is 0 Å². The fraction of sp³-hybridized carbons (Fsp3) is 0.526. The van der Waals surface area contributed by atoms with Crippen molar-refractivity contribution in [2.75, 3.05) is 33.5 Å². The quantitative estimate of drug-likeness (QED) is 0.552. The predicted molar refractivity (Wildman–Crippen MR) is 105 cm³/mol. The topological polar surface area (TPSA) is 112 Å². The monoisotopic (exact) mass is 393 g/mol. The summed E-state index contributed by atoms with van der Waals surface area (Å²) in [6.07, 6.45) is 0.720. The summed E-state index contributed by atoms with van der Waals surface area (Å²) in [6, 6.07) is 3.14. The van der Waals surface area contributed by atoms with Crippen LogP contribution in [0.2, 0.25) is 0 Å². The molecule has 0 saturated heterocycles. The number of methoxy groups -OCH3 is 1. The molecule has 0 saturated carbocycles. The van der Waals surface area contributed by atoms with Crippen LogP contribution in [0.25, 0.3) is 10.9 Å². The van der Waals surface area contributed by atoms with Crippen molar-refractivity contribution in [2.45, 2.75) is 33.2 Å². The molecule has 1 aromatic carbocycles. The van der Waals surface area contributed by atoms with E-state index in [2.05, 4.69) is 10.3 Å². The number of carbonyl (C=O) groups is 1. The molecule has 0 atom stereocenters. The number of H-pyrrole nitrogens is 1. The molecule has 2 aromatic rings. The number of hydrogen-bond acceptors (Lipinski definition) is 6. The Hall–Kier alpha value is -2.81. The first-order valence-corrected chi connectivity index (χ1v) is 9.33. The van der Waals surface area contributed by atoms with E-state index in [9.17, 15) is 14.4 Å². The first-order chi connectivity index (χ1) is 13.5. The fourth-order valence-electron chi connectivity index (χ4n) is 2.75. The molecule has 0 aliphatic heterocycles. The fourth-order valence-corrected chi connectivity index (χ4v) is 2.75. The van der Waals surface area contributed by atoms with E-state index in [1.165, 1.54) is 0 Å². The van der Waals surface area contributed by atoms with Crippen LogP contribution in [0.4, 0.5) is 0 Å². The van der Waals surface area contributed by atoms with E-state index in [0.29, 0.717) is 55.2 Å². The predicted octanol–water partition coefficient (Wildman–Crippen LogP) is 1.03. The Labute approximate surface area is 162 Å². The van der Waals surface area contributed by atoms with Crippen LogP contribution in [-0.4, -0.2) is 48.9 Å². The van der Waals surface area contributed by atoms with Crippen LogP contribution in [0.5, 0.6) is 11.5 Å². The maximum Gasteiger partial charge on any atom is 0.328 e. The Morgan fingerprint density at radius 3 is 2.46 bits per heavy atom. The Bertz CT molecular complexity index is 918. The van der Waals surface area contributed by atoms with Crippen LogP contribution in [0.1, 0.15) is 26.7 Å². The maximum absolute atomic E-state index is 12.8. The van der Waals surface area contributed by atoms with E-state index < -0.39 is 11.2 Å². The maximum atomic E-state index is 12.8. The highest BCUT2D eigenvalue weighted by Gasteiger charge is 2.14. The minimum Gasteiger partial charge on any atom is -0.490 e. The van der Waals surface area contributed by atoms with Gasteiger partial charge in [0.25, 0.3) is 5.56 Å². The van der Waals surface area contributed by atoms with E-state index in [1.54, 1.807) is 19.2 Å². The molecule has 2 rings (SSSR count). The van der Waals surface area contributed by atoms with Crippen molar-refractivity contribution in [3.63, 3.8) is 0 Å². The molecule has 28 heavy (non-hydrogen) atoms. The lowest BCUT2D eigenvalue weighted by atomic mass is 10.2. The number of aromatic nitrogens is 2. The molecular weight excluding hydrogens is 366 g/mol. The third-order valence-corrected chi connectivity index (χ3v) is 4.06. The van der Waals surface area contributed by atoms with E-state index >= 15 is 0 Å². The van der Waals surface area contributed by atoms with Crippen LogP contribution in [0.3, 0.4) is 0 Å². The molecule has 0 unspecified atom stereocenters. The summed E-state index contributed by atoms with van der Waals surface area (Å²) < 4.78 is 17.0. The molecule has 0 aliphatic rings. The van der Waals surface area contributed by atoms with E-state index in [-0.39, 0.29) is 18.9 Å². The number of benzene rings is 1. The Morgan fingerprint density at radius 1 is 1.14 bits per heavy atom. The molecule has 0 aliphatic carbocycles. The van der Waals surface area contributed by atoms with Gasteiger partial charge < -0.3 is 24.5 Å². The van der Waals surface area contributed by atoms with Gasteiger partial charge in [0.15, 0.2) is 11.5 Å². The van der Waals surface area contributed by atoms with Gasteiger partial charge in [-0.1, -0.05) is 0 Å². The summed E-state index contributed by atoms with van der Waals surface area (Å²) in [6.45, 7) is 5.51. The van der Waals surface area contributed by atoms with Crippen LogP contribution in [0, 0.1) is 0 Å². The molecule has 0 radical (unpaired) electrons. The summed E-state index contributed by atoms with van der Waals surface area (Å²) >= 11 is 0. The standard InChI is InChI=1S/C19H27N3O6/c1-4-27-15-11-13-14(12-16(15)28-5-2)21-19(25)22(18(13)24)9-7-17(23)20-8-6-10-26-3/h11-12H,4-10H2,1-3H3,(H,20,23)(H,21,25). The van der Waals surface area contributed by atoms with Crippen LogP contribution >= 0.6 is 0 Å². The van der Waals surface area contributed by atoms with Crippen LogP contribution in [-0.2, 0) is 16.1 Å². The molecule has 9 heteroatoms. The zero-order valence-electron chi connectivity index (χ0n) is 16.5. The minimum absolute atomic E-state index is 0.0165. The number of hydrogen-bond donors (Lipinski definition) is 2. The van der Waals surface area contributed by atoms with Gasteiger partial charge in [-0.05, 0) is 26.3 Å². The summed E-state index contributed by atoms with van der Waals surface area (Å²) in [5.74, 6) is 0.660. The van der Waals surface area contributed by atoms with Gasteiger partial charge in [-0.25, -0.2) is 4.79 Å². The largest absolute Gasteiger partial charge is 0.490 e. The molecule has 1 aromatic heterocycles. The van der Waals surface area contributed by atoms with Crippen LogP contribution < -0.4 is 26.0 Å². The summed E-state index contributed by atoms with van der Waals surface area (Å²) in [4.78, 5) is 39.7. The molecule has 154 valence electrons. The first kappa shape index (κ1) is 21.5. The summed E-state index contributed by atoms with van der Waals surface area (Å²) in [5, 5.41) is 3.03. The molecule has 0 bridgehead atoms. The lowest BCUT2D eigenvalue weighted by Gasteiger charge is -2.13. The second-order valence-corrected chi connectivity index (χ2v) is 6.04. The van der Waals surface area contributed by atoms with Gasteiger partial charge in [-0.3, -0.25) is 14.2 Å². The smallest absolute Gasteiger partial charge is 0.328 e. The Kier molecular flexibility index (Phi) is 8.06. The van der Waals surface area contributed by atoms with Gasteiger partial charge in [-0.2, -0.15) is 0 Å². The lowest BCUT2D eigenvalue weighted by Crippen LogP contribution is -2.37. The van der Waals surface area contributed by atoms with Crippen molar-refractivity contribution in [3.8, 4) is 11.5 Å². The third-order valence-electron chi connectivity index (χ3n) is 4.06. The van der Waals surface area contributed by atoms with Gasteiger partial charge in [-0.15, -0.1) is 0 Å². The minimum atomic E-state index is -0.573. The van der Waals surface area contributed by atoms with Gasteiger partial charge in [0.1, 0.15) is 0 Å². The number of aromatic amines is 1. The molecule has 1 heterocycles. The average Bonchev–Trinajstić information content (AvgIpc) is 2.66. The highest BCUT2D eigenvalue weighted by molar-refractivity contribution is 5.81. The van der Waals surface area contributed by atoms with E-state index in [0.717, 1.165) is 4.57 Å². The number of amides is 1. The number of ether oxygens (including phenoxy) is 3. The van der Waals surface area contributed by atoms with Crippen molar-refractivity contribution < 1.29 is 19.0 Å².